The fraction of sp³-hybridized carbons (Fsp3) is 0.278. The summed E-state index contributed by atoms with van der Waals surface area (Å²) in [6, 6.07) is 8.58. The minimum atomic E-state index is -3.27. The van der Waals surface area contributed by atoms with Gasteiger partial charge in [-0.05, 0) is 49.2 Å². The highest BCUT2D eigenvalue weighted by atomic mass is 32.2. The van der Waals surface area contributed by atoms with Crippen molar-refractivity contribution in [2.24, 2.45) is 0 Å². The van der Waals surface area contributed by atoms with Crippen molar-refractivity contribution in [2.75, 3.05) is 12.8 Å². The summed E-state index contributed by atoms with van der Waals surface area (Å²) >= 11 is 0. The van der Waals surface area contributed by atoms with Crippen molar-refractivity contribution in [3.05, 3.63) is 54.9 Å². The van der Waals surface area contributed by atoms with Gasteiger partial charge in [-0.15, -0.1) is 0 Å². The third-order valence-electron chi connectivity index (χ3n) is 4.03. The van der Waals surface area contributed by atoms with Crippen molar-refractivity contribution in [3.8, 4) is 11.5 Å². The molecule has 2 aromatic rings. The third kappa shape index (κ3) is 3.83. The first-order valence-electron chi connectivity index (χ1n) is 7.79. The average Bonchev–Trinajstić information content (AvgIpc) is 3.08. The molecule has 0 amide bonds. The van der Waals surface area contributed by atoms with E-state index in [0.717, 1.165) is 30.5 Å². The lowest BCUT2D eigenvalue weighted by atomic mass is 10.0. The first-order valence-corrected chi connectivity index (χ1v) is 9.68. The van der Waals surface area contributed by atoms with Crippen LogP contribution in [0.1, 0.15) is 18.4 Å². The molecule has 1 aromatic heterocycles. The van der Waals surface area contributed by atoms with Gasteiger partial charge in [-0.2, -0.15) is 0 Å². The Bertz CT molecular complexity index is 856. The van der Waals surface area contributed by atoms with Crippen molar-refractivity contribution < 1.29 is 13.2 Å². The summed E-state index contributed by atoms with van der Waals surface area (Å²) in [4.78, 5) is 4.44. The van der Waals surface area contributed by atoms with E-state index in [1.54, 1.807) is 30.6 Å². The van der Waals surface area contributed by atoms with Crippen molar-refractivity contribution in [1.82, 2.24) is 10.3 Å². The zero-order valence-electron chi connectivity index (χ0n) is 13.5. The molecule has 1 N–H and O–H groups in total. The van der Waals surface area contributed by atoms with Gasteiger partial charge in [0.25, 0.3) is 0 Å². The minimum Gasteiger partial charge on any atom is -0.456 e. The number of benzene rings is 1. The maximum Gasteiger partial charge on any atom is 0.175 e. The zero-order valence-corrected chi connectivity index (χ0v) is 14.3. The molecular weight excluding hydrogens is 324 g/mol. The Labute approximate surface area is 142 Å². The van der Waals surface area contributed by atoms with Gasteiger partial charge in [-0.3, -0.25) is 4.98 Å². The maximum atomic E-state index is 11.6. The standard InChI is InChI=1S/C18H20N2O3S/c1-13(18-7-4-8-20-18)14-9-16(12-19-11-14)23-15-5-3-6-17(10-15)24(2,21)22/h3,5-6,9-12,18,20H,1,4,7-8H2,2H3. The van der Waals surface area contributed by atoms with Crippen LogP contribution in [0, 0.1) is 0 Å². The smallest absolute Gasteiger partial charge is 0.175 e. The van der Waals surface area contributed by atoms with Crippen molar-refractivity contribution >= 4 is 15.4 Å². The molecule has 126 valence electrons. The van der Waals surface area contributed by atoms with E-state index in [-0.39, 0.29) is 10.9 Å². The normalized spacial score (nSPS) is 17.6. The van der Waals surface area contributed by atoms with Crippen LogP contribution in [0.5, 0.6) is 11.5 Å². The molecule has 0 radical (unpaired) electrons. The molecule has 1 atom stereocenters. The van der Waals surface area contributed by atoms with Gasteiger partial charge in [-0.1, -0.05) is 12.6 Å². The predicted octanol–water partition coefficient (Wildman–Crippen LogP) is 3.04. The Morgan fingerprint density at radius 3 is 2.83 bits per heavy atom. The number of aromatic nitrogens is 1. The number of rotatable bonds is 5. The van der Waals surface area contributed by atoms with Crippen LogP contribution in [-0.2, 0) is 9.84 Å². The largest absolute Gasteiger partial charge is 0.456 e. The average molecular weight is 344 g/mol. The molecule has 24 heavy (non-hydrogen) atoms. The summed E-state index contributed by atoms with van der Waals surface area (Å²) in [6.07, 6.45) is 6.76. The maximum absolute atomic E-state index is 11.6. The van der Waals surface area contributed by atoms with Crippen LogP contribution >= 0.6 is 0 Å². The Morgan fingerprint density at radius 1 is 1.29 bits per heavy atom. The molecule has 1 aliphatic rings. The molecule has 1 aromatic carbocycles. The van der Waals surface area contributed by atoms with Crippen LogP contribution in [0.2, 0.25) is 0 Å². The van der Waals surface area contributed by atoms with Gasteiger partial charge in [0, 0.05) is 24.1 Å². The molecule has 5 nitrogen and oxygen atoms in total. The Hall–Kier alpha value is -2.18. The highest BCUT2D eigenvalue weighted by molar-refractivity contribution is 7.90. The number of hydrogen-bond acceptors (Lipinski definition) is 5. The highest BCUT2D eigenvalue weighted by Crippen LogP contribution is 2.28. The second-order valence-electron chi connectivity index (χ2n) is 5.93. The number of nitrogens with one attached hydrogen (secondary N) is 1. The van der Waals surface area contributed by atoms with E-state index < -0.39 is 9.84 Å². The highest BCUT2D eigenvalue weighted by Gasteiger charge is 2.18. The first-order chi connectivity index (χ1) is 11.4. The molecule has 0 spiro atoms. The van der Waals surface area contributed by atoms with Gasteiger partial charge in [0.05, 0.1) is 11.1 Å². The van der Waals surface area contributed by atoms with Gasteiger partial charge >= 0.3 is 0 Å². The topological polar surface area (TPSA) is 68.3 Å². The molecular formula is C18H20N2O3S. The molecule has 1 unspecified atom stereocenters. The second-order valence-corrected chi connectivity index (χ2v) is 7.95. The molecule has 0 bridgehead atoms. The summed E-state index contributed by atoms with van der Waals surface area (Å²) < 4.78 is 29.1. The van der Waals surface area contributed by atoms with Crippen LogP contribution < -0.4 is 10.1 Å². The van der Waals surface area contributed by atoms with Crippen LogP contribution in [0.4, 0.5) is 0 Å². The van der Waals surface area contributed by atoms with E-state index >= 15 is 0 Å². The molecule has 6 heteroatoms. The lowest BCUT2D eigenvalue weighted by Gasteiger charge is -2.15. The van der Waals surface area contributed by atoms with Crippen molar-refractivity contribution in [2.45, 2.75) is 23.8 Å². The fourth-order valence-corrected chi connectivity index (χ4v) is 3.39. The molecule has 0 saturated carbocycles. The Morgan fingerprint density at radius 2 is 2.12 bits per heavy atom. The van der Waals surface area contributed by atoms with E-state index in [2.05, 4.69) is 16.9 Å². The molecule has 3 rings (SSSR count). The summed E-state index contributed by atoms with van der Waals surface area (Å²) in [6.45, 7) is 5.17. The van der Waals surface area contributed by atoms with E-state index in [0.29, 0.717) is 11.5 Å². The van der Waals surface area contributed by atoms with Crippen LogP contribution in [0.25, 0.3) is 5.57 Å². The van der Waals surface area contributed by atoms with Crippen LogP contribution in [0.3, 0.4) is 0 Å². The number of hydrogen-bond donors (Lipinski definition) is 1. The van der Waals surface area contributed by atoms with Crippen molar-refractivity contribution in [1.29, 1.82) is 0 Å². The number of sulfone groups is 1. The zero-order chi connectivity index (χ0) is 17.2. The van der Waals surface area contributed by atoms with Gasteiger partial charge in [0.2, 0.25) is 0 Å². The van der Waals surface area contributed by atoms with Gasteiger partial charge in [-0.25, -0.2) is 8.42 Å². The number of pyridine rings is 1. The SMILES string of the molecule is C=C(c1cncc(Oc2cccc(S(C)(=O)=O)c2)c1)C1CCCN1. The molecule has 1 fully saturated rings. The van der Waals surface area contributed by atoms with Gasteiger partial charge in [0.15, 0.2) is 9.84 Å². The summed E-state index contributed by atoms with van der Waals surface area (Å²) in [5, 5.41) is 3.41. The molecule has 0 aliphatic carbocycles. The third-order valence-corrected chi connectivity index (χ3v) is 5.14. The number of ether oxygens (including phenoxy) is 1. The summed E-state index contributed by atoms with van der Waals surface area (Å²) in [5.74, 6) is 1.01. The number of nitrogens with zero attached hydrogens (tertiary/aromatic N) is 1. The van der Waals surface area contributed by atoms with E-state index in [1.807, 2.05) is 6.07 Å². The summed E-state index contributed by atoms with van der Waals surface area (Å²) in [5.41, 5.74) is 1.92. The Kier molecular flexibility index (Phi) is 4.69. The second kappa shape index (κ2) is 6.75. The molecule has 2 heterocycles. The van der Waals surface area contributed by atoms with Crippen molar-refractivity contribution in [3.63, 3.8) is 0 Å². The first kappa shape index (κ1) is 16.7. The lowest BCUT2D eigenvalue weighted by molar-refractivity contribution is 0.478. The quantitative estimate of drug-likeness (QED) is 0.903. The van der Waals surface area contributed by atoms with Gasteiger partial charge in [0.1, 0.15) is 11.5 Å². The van der Waals surface area contributed by atoms with Crippen LogP contribution in [0.15, 0.2) is 54.2 Å². The Balaban J connectivity index is 1.81. The van der Waals surface area contributed by atoms with Crippen LogP contribution in [-0.4, -0.2) is 32.2 Å². The molecule has 1 aliphatic heterocycles. The van der Waals surface area contributed by atoms with E-state index in [9.17, 15) is 8.42 Å². The monoisotopic (exact) mass is 344 g/mol. The minimum absolute atomic E-state index is 0.226. The predicted molar refractivity (Wildman–Crippen MR) is 93.9 cm³/mol. The van der Waals surface area contributed by atoms with E-state index in [1.165, 1.54) is 12.3 Å². The van der Waals surface area contributed by atoms with Gasteiger partial charge < -0.3 is 10.1 Å². The summed E-state index contributed by atoms with van der Waals surface area (Å²) in [7, 11) is -3.27. The van der Waals surface area contributed by atoms with E-state index in [4.69, 9.17) is 4.74 Å². The lowest BCUT2D eigenvalue weighted by Crippen LogP contribution is -2.22. The fourth-order valence-electron chi connectivity index (χ4n) is 2.74. The molecule has 1 saturated heterocycles.